The SMILES string of the molecule is CC(C)CNC(=O)[C@@H](NC(=O)c1ccccc1)C1CCN(C(=O)c2ccc(C(F)(F)F)cc2)CC1. The van der Waals surface area contributed by atoms with Gasteiger partial charge < -0.3 is 15.5 Å². The minimum absolute atomic E-state index is 0.181. The molecule has 1 fully saturated rings. The van der Waals surface area contributed by atoms with Crippen LogP contribution < -0.4 is 10.6 Å². The molecular formula is C26H30F3N3O3. The van der Waals surface area contributed by atoms with Crippen molar-refractivity contribution in [3.05, 3.63) is 71.3 Å². The first-order chi connectivity index (χ1) is 16.6. The average molecular weight is 490 g/mol. The van der Waals surface area contributed by atoms with E-state index in [1.54, 1.807) is 35.2 Å². The molecule has 1 heterocycles. The summed E-state index contributed by atoms with van der Waals surface area (Å²) in [6, 6.07) is 12.0. The third-order valence-electron chi connectivity index (χ3n) is 6.05. The fourth-order valence-electron chi connectivity index (χ4n) is 4.05. The molecule has 0 saturated carbocycles. The fraction of sp³-hybridized carbons (Fsp3) is 0.423. The lowest BCUT2D eigenvalue weighted by Gasteiger charge is -2.36. The van der Waals surface area contributed by atoms with Gasteiger partial charge in [0.15, 0.2) is 0 Å². The van der Waals surface area contributed by atoms with E-state index < -0.39 is 17.8 Å². The number of likely N-dealkylation sites (tertiary alicyclic amines) is 1. The van der Waals surface area contributed by atoms with E-state index in [0.717, 1.165) is 12.1 Å². The van der Waals surface area contributed by atoms with Gasteiger partial charge in [-0.15, -0.1) is 0 Å². The van der Waals surface area contributed by atoms with Gasteiger partial charge >= 0.3 is 6.18 Å². The third kappa shape index (κ3) is 7.07. The number of alkyl halides is 3. The van der Waals surface area contributed by atoms with Crippen molar-refractivity contribution in [3.63, 3.8) is 0 Å². The lowest BCUT2D eigenvalue weighted by Crippen LogP contribution is -2.54. The van der Waals surface area contributed by atoms with E-state index >= 15 is 0 Å². The van der Waals surface area contributed by atoms with Crippen LogP contribution in [0.4, 0.5) is 13.2 Å². The summed E-state index contributed by atoms with van der Waals surface area (Å²) >= 11 is 0. The molecule has 0 spiro atoms. The van der Waals surface area contributed by atoms with Crippen LogP contribution in [0.25, 0.3) is 0 Å². The lowest BCUT2D eigenvalue weighted by atomic mass is 9.88. The van der Waals surface area contributed by atoms with Crippen molar-refractivity contribution in [2.45, 2.75) is 38.9 Å². The molecule has 35 heavy (non-hydrogen) atoms. The van der Waals surface area contributed by atoms with Crippen molar-refractivity contribution in [2.24, 2.45) is 11.8 Å². The Hall–Kier alpha value is -3.36. The second-order valence-electron chi connectivity index (χ2n) is 9.16. The molecule has 0 aliphatic carbocycles. The summed E-state index contributed by atoms with van der Waals surface area (Å²) in [7, 11) is 0. The van der Waals surface area contributed by atoms with Crippen molar-refractivity contribution in [1.82, 2.24) is 15.5 Å². The van der Waals surface area contributed by atoms with Gasteiger partial charge in [0, 0.05) is 30.8 Å². The highest BCUT2D eigenvalue weighted by molar-refractivity contribution is 5.97. The first-order valence-corrected chi connectivity index (χ1v) is 11.7. The van der Waals surface area contributed by atoms with Crippen LogP contribution in [0.1, 0.15) is 53.0 Å². The Morgan fingerprint density at radius 2 is 1.54 bits per heavy atom. The van der Waals surface area contributed by atoms with Crippen LogP contribution in [0.2, 0.25) is 0 Å². The van der Waals surface area contributed by atoms with E-state index in [2.05, 4.69) is 10.6 Å². The predicted molar refractivity (Wildman–Crippen MR) is 126 cm³/mol. The smallest absolute Gasteiger partial charge is 0.354 e. The highest BCUT2D eigenvalue weighted by Gasteiger charge is 2.35. The van der Waals surface area contributed by atoms with Gasteiger partial charge in [0.2, 0.25) is 5.91 Å². The number of halogens is 3. The topological polar surface area (TPSA) is 78.5 Å². The molecule has 0 radical (unpaired) electrons. The molecule has 0 unspecified atom stereocenters. The number of carbonyl (C=O) groups is 3. The second-order valence-corrected chi connectivity index (χ2v) is 9.16. The molecule has 1 atom stereocenters. The van der Waals surface area contributed by atoms with Crippen molar-refractivity contribution in [3.8, 4) is 0 Å². The summed E-state index contributed by atoms with van der Waals surface area (Å²) in [5.74, 6) is -0.917. The Labute approximate surface area is 202 Å². The number of nitrogens with zero attached hydrogens (tertiary/aromatic N) is 1. The van der Waals surface area contributed by atoms with Crippen LogP contribution in [0.5, 0.6) is 0 Å². The van der Waals surface area contributed by atoms with Gasteiger partial charge in [-0.1, -0.05) is 32.0 Å². The standard InChI is InChI=1S/C26H30F3N3O3/c1-17(2)16-30-24(34)22(31-23(33)19-6-4-3-5-7-19)18-12-14-32(15-13-18)25(35)20-8-10-21(11-9-20)26(27,28)29/h3-11,17-18,22H,12-16H2,1-2H3,(H,30,34)(H,31,33)/t22-/m0/s1. The number of hydrogen-bond acceptors (Lipinski definition) is 3. The van der Waals surface area contributed by atoms with Crippen LogP contribution in [-0.4, -0.2) is 48.3 Å². The largest absolute Gasteiger partial charge is 0.416 e. The molecule has 1 aliphatic rings. The van der Waals surface area contributed by atoms with Crippen LogP contribution in [0, 0.1) is 11.8 Å². The van der Waals surface area contributed by atoms with E-state index in [-0.39, 0.29) is 35.1 Å². The van der Waals surface area contributed by atoms with Crippen LogP contribution in [-0.2, 0) is 11.0 Å². The zero-order valence-corrected chi connectivity index (χ0v) is 19.8. The fourth-order valence-corrected chi connectivity index (χ4v) is 4.05. The molecule has 2 aromatic carbocycles. The quantitative estimate of drug-likeness (QED) is 0.614. The molecule has 188 valence electrons. The van der Waals surface area contributed by atoms with E-state index in [1.807, 2.05) is 13.8 Å². The maximum atomic E-state index is 13.0. The number of amides is 3. The van der Waals surface area contributed by atoms with Crippen LogP contribution in [0.3, 0.4) is 0 Å². The van der Waals surface area contributed by atoms with Gasteiger partial charge in [0.1, 0.15) is 6.04 Å². The summed E-state index contributed by atoms with van der Waals surface area (Å²) in [5, 5.41) is 5.75. The molecule has 0 bridgehead atoms. The first-order valence-electron chi connectivity index (χ1n) is 11.7. The van der Waals surface area contributed by atoms with Gasteiger partial charge in [0.05, 0.1) is 5.56 Å². The maximum Gasteiger partial charge on any atom is 0.416 e. The van der Waals surface area contributed by atoms with E-state index in [0.29, 0.717) is 38.0 Å². The van der Waals surface area contributed by atoms with E-state index in [9.17, 15) is 27.6 Å². The molecule has 0 aromatic heterocycles. The normalized spacial score (nSPS) is 15.5. The number of carbonyl (C=O) groups excluding carboxylic acids is 3. The molecular weight excluding hydrogens is 459 g/mol. The second kappa shape index (κ2) is 11.4. The molecule has 3 rings (SSSR count). The Morgan fingerprint density at radius 3 is 2.09 bits per heavy atom. The van der Waals surface area contributed by atoms with E-state index in [1.165, 1.54) is 12.1 Å². The van der Waals surface area contributed by atoms with Crippen molar-refractivity contribution in [1.29, 1.82) is 0 Å². The highest BCUT2D eigenvalue weighted by Crippen LogP contribution is 2.29. The van der Waals surface area contributed by atoms with Gasteiger partial charge in [-0.25, -0.2) is 0 Å². The summed E-state index contributed by atoms with van der Waals surface area (Å²) in [4.78, 5) is 40.1. The van der Waals surface area contributed by atoms with Crippen LogP contribution in [0.15, 0.2) is 54.6 Å². The Morgan fingerprint density at radius 1 is 0.943 bits per heavy atom. The summed E-state index contributed by atoms with van der Waals surface area (Å²) in [6.07, 6.45) is -3.52. The Kier molecular flexibility index (Phi) is 8.53. The predicted octanol–water partition coefficient (Wildman–Crippen LogP) is 4.13. The third-order valence-corrected chi connectivity index (χ3v) is 6.05. The number of piperidine rings is 1. The van der Waals surface area contributed by atoms with Crippen LogP contribution >= 0.6 is 0 Å². The molecule has 3 amide bonds. The van der Waals surface area contributed by atoms with Crippen molar-refractivity contribution < 1.29 is 27.6 Å². The zero-order chi connectivity index (χ0) is 25.6. The van der Waals surface area contributed by atoms with Gasteiger partial charge in [-0.05, 0) is 61.1 Å². The monoisotopic (exact) mass is 489 g/mol. The van der Waals surface area contributed by atoms with Crippen molar-refractivity contribution >= 4 is 17.7 Å². The zero-order valence-electron chi connectivity index (χ0n) is 19.8. The van der Waals surface area contributed by atoms with Gasteiger partial charge in [0.25, 0.3) is 11.8 Å². The number of nitrogens with one attached hydrogen (secondary N) is 2. The van der Waals surface area contributed by atoms with Gasteiger partial charge in [-0.3, -0.25) is 14.4 Å². The minimum atomic E-state index is -4.46. The summed E-state index contributed by atoms with van der Waals surface area (Å²) in [6.45, 7) is 5.09. The van der Waals surface area contributed by atoms with Crippen molar-refractivity contribution in [2.75, 3.05) is 19.6 Å². The number of rotatable bonds is 7. The molecule has 6 nitrogen and oxygen atoms in total. The summed E-state index contributed by atoms with van der Waals surface area (Å²) < 4.78 is 38.4. The molecule has 2 aromatic rings. The van der Waals surface area contributed by atoms with E-state index in [4.69, 9.17) is 0 Å². The number of hydrogen-bond donors (Lipinski definition) is 2. The molecule has 9 heteroatoms. The Bertz CT molecular complexity index is 1020. The lowest BCUT2D eigenvalue weighted by molar-refractivity contribution is -0.137. The summed E-state index contributed by atoms with van der Waals surface area (Å²) in [5.41, 5.74) is -0.179. The molecule has 2 N–H and O–H groups in total. The highest BCUT2D eigenvalue weighted by atomic mass is 19.4. The number of benzene rings is 2. The van der Waals surface area contributed by atoms with Gasteiger partial charge in [-0.2, -0.15) is 13.2 Å². The maximum absolute atomic E-state index is 13.0. The molecule has 1 aliphatic heterocycles. The molecule has 1 saturated heterocycles. The minimum Gasteiger partial charge on any atom is -0.354 e. The average Bonchev–Trinajstić information content (AvgIpc) is 2.85. The Balaban J connectivity index is 1.66. The first kappa shape index (κ1) is 26.2.